The van der Waals surface area contributed by atoms with Crippen molar-refractivity contribution >= 4 is 29.0 Å². The van der Waals surface area contributed by atoms with E-state index in [1.807, 2.05) is 49.4 Å². The van der Waals surface area contributed by atoms with Gasteiger partial charge in [0.2, 0.25) is 0 Å². The number of nitrogens with zero attached hydrogens (tertiary/aromatic N) is 1. The number of aliphatic hydroxyl groups is 1. The highest BCUT2D eigenvalue weighted by Gasteiger charge is 2.23. The molecule has 2 unspecified atom stereocenters. The molecule has 172 valence electrons. The summed E-state index contributed by atoms with van der Waals surface area (Å²) in [7, 11) is 1.33. The van der Waals surface area contributed by atoms with Gasteiger partial charge in [0, 0.05) is 17.4 Å². The molecular formula is C28H23F2NO3. The highest BCUT2D eigenvalue weighted by atomic mass is 19.2. The van der Waals surface area contributed by atoms with E-state index in [0.29, 0.717) is 33.3 Å². The number of fused-ring (bicyclic) bond motifs is 1. The summed E-state index contributed by atoms with van der Waals surface area (Å²) in [5.41, 5.74) is 3.60. The molecule has 1 N–H and O–H groups in total. The lowest BCUT2D eigenvalue weighted by atomic mass is 9.87. The van der Waals surface area contributed by atoms with E-state index in [4.69, 9.17) is 4.74 Å². The Balaban J connectivity index is 1.57. The van der Waals surface area contributed by atoms with Crippen LogP contribution in [0.25, 0.3) is 23.1 Å². The summed E-state index contributed by atoms with van der Waals surface area (Å²) in [4.78, 5) is 16.5. The monoisotopic (exact) mass is 459 g/mol. The van der Waals surface area contributed by atoms with E-state index in [0.717, 1.165) is 17.7 Å². The first-order valence-electron chi connectivity index (χ1n) is 10.8. The Morgan fingerprint density at radius 2 is 1.74 bits per heavy atom. The highest BCUT2D eigenvalue weighted by Crippen LogP contribution is 2.33. The predicted octanol–water partition coefficient (Wildman–Crippen LogP) is 6.31. The molecule has 3 aromatic carbocycles. The minimum absolute atomic E-state index is 0.355. The van der Waals surface area contributed by atoms with Gasteiger partial charge >= 0.3 is 5.97 Å². The van der Waals surface area contributed by atoms with E-state index in [9.17, 15) is 18.7 Å². The van der Waals surface area contributed by atoms with Gasteiger partial charge in [-0.05, 0) is 47.0 Å². The summed E-state index contributed by atoms with van der Waals surface area (Å²) < 4.78 is 31.8. The molecule has 0 radical (unpaired) electrons. The van der Waals surface area contributed by atoms with Gasteiger partial charge in [0.15, 0.2) is 11.6 Å². The summed E-state index contributed by atoms with van der Waals surface area (Å²) >= 11 is 0. The predicted molar refractivity (Wildman–Crippen MR) is 128 cm³/mol. The van der Waals surface area contributed by atoms with Crippen LogP contribution in [0, 0.1) is 11.6 Å². The zero-order valence-corrected chi connectivity index (χ0v) is 18.7. The molecule has 1 heterocycles. The SMILES string of the molecule is COC(=O)c1ccccc1C(C)C(O)c1cccc(C=Cc2ccc3cc(F)c(F)cc3n2)c1. The van der Waals surface area contributed by atoms with Gasteiger partial charge in [-0.2, -0.15) is 0 Å². The van der Waals surface area contributed by atoms with Crippen molar-refractivity contribution in [1.82, 2.24) is 4.98 Å². The third-order valence-electron chi connectivity index (χ3n) is 5.78. The number of hydrogen-bond acceptors (Lipinski definition) is 4. The van der Waals surface area contributed by atoms with Crippen LogP contribution in [0.4, 0.5) is 8.78 Å². The van der Waals surface area contributed by atoms with Crippen LogP contribution < -0.4 is 0 Å². The van der Waals surface area contributed by atoms with Crippen LogP contribution >= 0.6 is 0 Å². The van der Waals surface area contributed by atoms with E-state index >= 15 is 0 Å². The number of hydrogen-bond donors (Lipinski definition) is 1. The van der Waals surface area contributed by atoms with E-state index < -0.39 is 23.7 Å². The summed E-state index contributed by atoms with van der Waals surface area (Å²) in [6.45, 7) is 1.86. The summed E-state index contributed by atoms with van der Waals surface area (Å²) in [6.07, 6.45) is 2.75. The average Bonchev–Trinajstić information content (AvgIpc) is 2.87. The maximum Gasteiger partial charge on any atom is 0.338 e. The van der Waals surface area contributed by atoms with Gasteiger partial charge in [0.05, 0.1) is 30.0 Å². The zero-order chi connectivity index (χ0) is 24.2. The zero-order valence-electron chi connectivity index (χ0n) is 18.7. The number of esters is 1. The maximum absolute atomic E-state index is 13.5. The molecule has 0 saturated heterocycles. The van der Waals surface area contributed by atoms with Crippen molar-refractivity contribution in [2.75, 3.05) is 7.11 Å². The second-order valence-electron chi connectivity index (χ2n) is 8.01. The summed E-state index contributed by atoms with van der Waals surface area (Å²) in [6, 6.07) is 20.1. The van der Waals surface area contributed by atoms with E-state index in [1.54, 1.807) is 30.3 Å². The van der Waals surface area contributed by atoms with Gasteiger partial charge in [0.25, 0.3) is 0 Å². The largest absolute Gasteiger partial charge is 0.465 e. The number of aromatic nitrogens is 1. The van der Waals surface area contributed by atoms with Crippen LogP contribution in [0.1, 0.15) is 51.7 Å². The first-order valence-corrected chi connectivity index (χ1v) is 10.8. The standard InChI is InChI=1S/C28H23F2NO3/c1-17(22-8-3-4-9-23(22)28(33)34-2)27(32)20-7-5-6-18(14-20)10-12-21-13-11-19-15-24(29)25(30)16-26(19)31-21/h3-17,27,32H,1-2H3. The van der Waals surface area contributed by atoms with Crippen LogP contribution in [0.2, 0.25) is 0 Å². The molecule has 0 aliphatic heterocycles. The van der Waals surface area contributed by atoms with Crippen molar-refractivity contribution in [3.05, 3.63) is 112 Å². The number of pyridine rings is 1. The molecule has 4 rings (SSSR count). The molecule has 6 heteroatoms. The van der Waals surface area contributed by atoms with Crippen molar-refractivity contribution in [2.45, 2.75) is 18.9 Å². The Morgan fingerprint density at radius 3 is 2.53 bits per heavy atom. The second kappa shape index (κ2) is 9.93. The Morgan fingerprint density at radius 1 is 0.971 bits per heavy atom. The molecule has 1 aromatic heterocycles. The average molecular weight is 459 g/mol. The van der Waals surface area contributed by atoms with Crippen molar-refractivity contribution in [3.8, 4) is 0 Å². The molecule has 0 amide bonds. The van der Waals surface area contributed by atoms with E-state index in [1.165, 1.54) is 7.11 Å². The number of aliphatic hydroxyl groups excluding tert-OH is 1. The van der Waals surface area contributed by atoms with Crippen LogP contribution in [-0.4, -0.2) is 23.2 Å². The molecule has 0 saturated carbocycles. The fourth-order valence-corrected chi connectivity index (χ4v) is 3.90. The van der Waals surface area contributed by atoms with E-state index in [-0.39, 0.29) is 5.92 Å². The van der Waals surface area contributed by atoms with Gasteiger partial charge in [-0.25, -0.2) is 18.6 Å². The maximum atomic E-state index is 13.5. The minimum Gasteiger partial charge on any atom is -0.465 e. The smallest absolute Gasteiger partial charge is 0.338 e. The number of benzene rings is 3. The van der Waals surface area contributed by atoms with Crippen LogP contribution in [0.5, 0.6) is 0 Å². The Bertz CT molecular complexity index is 1380. The summed E-state index contributed by atoms with van der Waals surface area (Å²) in [5, 5.41) is 11.6. The molecule has 0 fully saturated rings. The third-order valence-corrected chi connectivity index (χ3v) is 5.78. The number of carbonyl (C=O) groups is 1. The van der Waals surface area contributed by atoms with Gasteiger partial charge in [0.1, 0.15) is 0 Å². The van der Waals surface area contributed by atoms with Gasteiger partial charge in [-0.1, -0.05) is 55.5 Å². The Kier molecular flexibility index (Phi) is 6.80. The normalized spacial score (nSPS) is 13.2. The quantitative estimate of drug-likeness (QED) is 0.344. The number of carbonyl (C=O) groups excluding carboxylic acids is 1. The second-order valence-corrected chi connectivity index (χ2v) is 8.01. The third kappa shape index (κ3) is 4.87. The lowest BCUT2D eigenvalue weighted by Crippen LogP contribution is -2.13. The van der Waals surface area contributed by atoms with Crippen molar-refractivity contribution in [1.29, 1.82) is 0 Å². The first kappa shape index (κ1) is 23.3. The molecule has 4 aromatic rings. The molecule has 0 bridgehead atoms. The topological polar surface area (TPSA) is 59.4 Å². The lowest BCUT2D eigenvalue weighted by molar-refractivity contribution is 0.0597. The summed E-state index contributed by atoms with van der Waals surface area (Å²) in [5.74, 6) is -2.65. The van der Waals surface area contributed by atoms with Gasteiger partial charge < -0.3 is 9.84 Å². The molecule has 2 atom stereocenters. The van der Waals surface area contributed by atoms with Gasteiger partial charge in [-0.3, -0.25) is 0 Å². The molecule has 0 spiro atoms. The van der Waals surface area contributed by atoms with Crippen molar-refractivity contribution in [3.63, 3.8) is 0 Å². The van der Waals surface area contributed by atoms with Gasteiger partial charge in [-0.15, -0.1) is 0 Å². The fourth-order valence-electron chi connectivity index (χ4n) is 3.90. The van der Waals surface area contributed by atoms with Crippen molar-refractivity contribution in [2.24, 2.45) is 0 Å². The molecular weight excluding hydrogens is 436 g/mol. The number of methoxy groups -OCH3 is 1. The van der Waals surface area contributed by atoms with Crippen LogP contribution in [0.15, 0.2) is 72.8 Å². The van der Waals surface area contributed by atoms with E-state index in [2.05, 4.69) is 4.98 Å². The highest BCUT2D eigenvalue weighted by molar-refractivity contribution is 5.91. The van der Waals surface area contributed by atoms with Crippen LogP contribution in [-0.2, 0) is 4.74 Å². The van der Waals surface area contributed by atoms with Crippen LogP contribution in [0.3, 0.4) is 0 Å². The molecule has 0 aliphatic rings. The molecule has 34 heavy (non-hydrogen) atoms. The number of ether oxygens (including phenoxy) is 1. The Hall–Kier alpha value is -3.90. The van der Waals surface area contributed by atoms with Crippen molar-refractivity contribution < 1.29 is 23.4 Å². The molecule has 4 nitrogen and oxygen atoms in total. The fraction of sp³-hybridized carbons (Fsp3) is 0.143. The number of halogens is 2. The number of rotatable bonds is 6. The Labute approximate surface area is 196 Å². The molecule has 0 aliphatic carbocycles. The minimum atomic E-state index is -0.939. The lowest BCUT2D eigenvalue weighted by Gasteiger charge is -2.22. The first-order chi connectivity index (χ1) is 16.4.